The third kappa shape index (κ3) is 6.62. The number of methoxy groups -OCH3 is 1. The molecule has 0 unspecified atom stereocenters. The Morgan fingerprint density at radius 2 is 1.65 bits per heavy atom. The van der Waals surface area contributed by atoms with Gasteiger partial charge in [0.05, 0.1) is 37.8 Å². The lowest BCUT2D eigenvalue weighted by Gasteiger charge is -2.44. The maximum Gasteiger partial charge on any atom is 0.333 e. The van der Waals surface area contributed by atoms with Crippen LogP contribution in [-0.2, 0) is 19.1 Å². The van der Waals surface area contributed by atoms with E-state index in [4.69, 9.17) is 19.3 Å². The van der Waals surface area contributed by atoms with E-state index in [0.29, 0.717) is 4.73 Å². The van der Waals surface area contributed by atoms with Crippen LogP contribution in [0.15, 0.2) is 12.3 Å². The molecular formula is C20H33FN2O7Si. The molecule has 0 aliphatic carbocycles. The number of hydrogen-bond acceptors (Lipinski definition) is 6. The Balaban J connectivity index is 3.01. The van der Waals surface area contributed by atoms with Crippen LogP contribution in [-0.4, -0.2) is 58.9 Å². The van der Waals surface area contributed by atoms with Crippen molar-refractivity contribution in [1.82, 2.24) is 0 Å². The fourth-order valence-electron chi connectivity index (χ4n) is 3.59. The van der Waals surface area contributed by atoms with Crippen molar-refractivity contribution in [2.75, 3.05) is 38.9 Å². The highest BCUT2D eigenvalue weighted by atomic mass is 28.4. The van der Waals surface area contributed by atoms with Crippen molar-refractivity contribution in [3.63, 3.8) is 0 Å². The maximum absolute atomic E-state index is 16.6. The van der Waals surface area contributed by atoms with Crippen molar-refractivity contribution in [2.45, 2.75) is 51.6 Å². The van der Waals surface area contributed by atoms with Gasteiger partial charge in [0.15, 0.2) is 0 Å². The molecule has 176 valence electrons. The zero-order valence-electron chi connectivity index (χ0n) is 19.2. The first-order chi connectivity index (χ1) is 14.1. The van der Waals surface area contributed by atoms with Gasteiger partial charge < -0.3 is 28.6 Å². The van der Waals surface area contributed by atoms with E-state index >= 15 is 4.11 Å². The van der Waals surface area contributed by atoms with Crippen LogP contribution < -0.4 is 20.0 Å². The van der Waals surface area contributed by atoms with E-state index in [-0.39, 0.29) is 36.6 Å². The molecule has 0 saturated carbocycles. The van der Waals surface area contributed by atoms with Gasteiger partial charge in [0, 0.05) is 0 Å². The Morgan fingerprint density at radius 1 is 1.13 bits per heavy atom. The van der Waals surface area contributed by atoms with Crippen molar-refractivity contribution in [3.8, 4) is 5.75 Å². The molecule has 0 fully saturated rings. The van der Waals surface area contributed by atoms with E-state index < -0.39 is 37.0 Å². The number of carbonyl (C=O) groups excluding carboxylic acids is 1. The fourth-order valence-corrected chi connectivity index (χ4v) is 8.26. The number of aromatic nitrogens is 1. The second-order valence-corrected chi connectivity index (χ2v) is 14.0. The Bertz CT molecular complexity index is 777. The van der Waals surface area contributed by atoms with E-state index in [1.165, 1.54) is 13.2 Å². The van der Waals surface area contributed by atoms with Gasteiger partial charge in [-0.15, -0.1) is 0 Å². The lowest BCUT2D eigenvalue weighted by Crippen LogP contribution is -2.60. The molecule has 0 aromatic carbocycles. The molecule has 1 rings (SSSR count). The first-order valence-electron chi connectivity index (χ1n) is 9.83. The number of ether oxygens (including phenoxy) is 3. The largest absolute Gasteiger partial charge is 0.711 e. The van der Waals surface area contributed by atoms with E-state index in [2.05, 4.69) is 5.32 Å². The fraction of sp³-hybridized carbons (Fsp3) is 0.650. The summed E-state index contributed by atoms with van der Waals surface area (Å²) in [5.41, 5.74) is 0. The van der Waals surface area contributed by atoms with E-state index in [0.717, 1.165) is 6.20 Å². The number of carboxylic acid groups (broad SMARTS) is 1. The first-order valence-corrected chi connectivity index (χ1v) is 11.7. The summed E-state index contributed by atoms with van der Waals surface area (Å²) in [5, 5.41) is 22.3. The van der Waals surface area contributed by atoms with Crippen molar-refractivity contribution >= 4 is 31.3 Å². The Morgan fingerprint density at radius 3 is 2.10 bits per heavy atom. The SMILES string of the molecule is COc1cc(NC(=O)COCCOCC(=O)O)[n+]([O-])cc1[Si](F)(C(C)(C)C)C(C)(C)C. The molecule has 1 heterocycles. The van der Waals surface area contributed by atoms with Crippen LogP contribution in [0.2, 0.25) is 10.1 Å². The minimum Gasteiger partial charge on any atom is -0.711 e. The van der Waals surface area contributed by atoms with Gasteiger partial charge in [0.1, 0.15) is 19.0 Å². The van der Waals surface area contributed by atoms with Gasteiger partial charge in [-0.1, -0.05) is 41.5 Å². The van der Waals surface area contributed by atoms with Crippen LogP contribution in [0.5, 0.6) is 5.75 Å². The molecule has 0 radical (unpaired) electrons. The first kappa shape index (κ1) is 26.8. The number of aliphatic carboxylic acids is 1. The summed E-state index contributed by atoms with van der Waals surface area (Å²) in [6.45, 7) is 10.1. The van der Waals surface area contributed by atoms with Gasteiger partial charge in [0.25, 0.3) is 14.2 Å². The molecular weight excluding hydrogens is 427 g/mol. The predicted molar refractivity (Wildman–Crippen MR) is 116 cm³/mol. The average molecular weight is 461 g/mol. The van der Waals surface area contributed by atoms with Crippen molar-refractivity contribution < 1.29 is 37.7 Å². The van der Waals surface area contributed by atoms with Gasteiger partial charge in [-0.05, 0) is 10.1 Å². The molecule has 0 bridgehead atoms. The van der Waals surface area contributed by atoms with E-state index in [1.807, 2.05) is 41.5 Å². The minimum atomic E-state index is -3.77. The molecule has 9 nitrogen and oxygen atoms in total. The Labute approximate surface area is 183 Å². The summed E-state index contributed by atoms with van der Waals surface area (Å²) in [4.78, 5) is 22.4. The molecule has 0 saturated heterocycles. The van der Waals surface area contributed by atoms with Gasteiger partial charge in [-0.2, -0.15) is 0 Å². The number of anilines is 1. The second kappa shape index (κ2) is 10.4. The normalized spacial score (nSPS) is 12.5. The van der Waals surface area contributed by atoms with E-state index in [1.54, 1.807) is 0 Å². The summed E-state index contributed by atoms with van der Waals surface area (Å²) in [6.07, 6.45) is 1.15. The molecule has 0 aliphatic heterocycles. The van der Waals surface area contributed by atoms with Crippen molar-refractivity contribution in [3.05, 3.63) is 17.5 Å². The topological polar surface area (TPSA) is 121 Å². The summed E-state index contributed by atoms with van der Waals surface area (Å²) in [7, 11) is -2.38. The number of amides is 1. The second-order valence-electron chi connectivity index (χ2n) is 9.17. The molecule has 0 aliphatic rings. The highest BCUT2D eigenvalue weighted by Crippen LogP contribution is 2.52. The van der Waals surface area contributed by atoms with Gasteiger partial charge >= 0.3 is 11.9 Å². The molecule has 0 spiro atoms. The number of pyridine rings is 1. The average Bonchev–Trinajstić information content (AvgIpc) is 2.63. The highest BCUT2D eigenvalue weighted by molar-refractivity contribution is 6.91. The Kier molecular flexibility index (Phi) is 8.97. The number of carbonyl (C=O) groups is 2. The molecule has 1 amide bonds. The molecule has 2 N–H and O–H groups in total. The lowest BCUT2D eigenvalue weighted by molar-refractivity contribution is -0.589. The molecule has 1 aromatic heterocycles. The lowest BCUT2D eigenvalue weighted by atomic mass is 10.2. The summed E-state index contributed by atoms with van der Waals surface area (Å²) < 4.78 is 32.3. The highest BCUT2D eigenvalue weighted by Gasteiger charge is 2.58. The summed E-state index contributed by atoms with van der Waals surface area (Å²) in [5.74, 6) is -1.62. The van der Waals surface area contributed by atoms with Crippen molar-refractivity contribution in [1.29, 1.82) is 0 Å². The zero-order valence-corrected chi connectivity index (χ0v) is 20.2. The Hall–Kier alpha value is -2.24. The van der Waals surface area contributed by atoms with Gasteiger partial charge in [-0.3, -0.25) is 0 Å². The molecule has 0 atom stereocenters. The predicted octanol–water partition coefficient (Wildman–Crippen LogP) is 2.11. The number of halogens is 1. The number of carboxylic acids is 1. The van der Waals surface area contributed by atoms with Gasteiger partial charge in [-0.25, -0.2) is 19.6 Å². The minimum absolute atomic E-state index is 0.00642. The van der Waals surface area contributed by atoms with Crippen LogP contribution in [0.3, 0.4) is 0 Å². The number of nitrogens with zero attached hydrogens (tertiary/aromatic N) is 1. The molecule has 1 aromatic rings. The smallest absolute Gasteiger partial charge is 0.333 e. The summed E-state index contributed by atoms with van der Waals surface area (Å²) >= 11 is 0. The quantitative estimate of drug-likeness (QED) is 0.180. The zero-order chi connectivity index (χ0) is 24.0. The number of hydrogen-bond donors (Lipinski definition) is 2. The number of nitrogens with one attached hydrogen (secondary N) is 1. The summed E-state index contributed by atoms with van der Waals surface area (Å²) in [6, 6.07) is 1.31. The third-order valence-corrected chi connectivity index (χ3v) is 10.0. The molecule has 11 heteroatoms. The van der Waals surface area contributed by atoms with Crippen LogP contribution in [0.4, 0.5) is 9.93 Å². The maximum atomic E-state index is 16.6. The monoisotopic (exact) mass is 460 g/mol. The van der Waals surface area contributed by atoms with Crippen LogP contribution in [0.25, 0.3) is 0 Å². The van der Waals surface area contributed by atoms with Crippen LogP contribution >= 0.6 is 0 Å². The standard InChI is InChI=1S/C20H33FN2O7Si/c1-19(2,3)31(21,20(4,5)6)15-11-23(27)16(10-14(15)28-7)22-17(24)12-29-8-9-30-13-18(25)26/h10-11H,8-9,12-13H2,1-7H3,(H,22,24)(H,25,26). The third-order valence-electron chi connectivity index (χ3n) is 4.77. The van der Waals surface area contributed by atoms with Crippen molar-refractivity contribution in [2.24, 2.45) is 0 Å². The number of rotatable bonds is 10. The van der Waals surface area contributed by atoms with Crippen LogP contribution in [0, 0.1) is 5.21 Å². The van der Waals surface area contributed by atoms with E-state index in [9.17, 15) is 14.8 Å². The molecule has 31 heavy (non-hydrogen) atoms. The van der Waals surface area contributed by atoms with Gasteiger partial charge in [0.2, 0.25) is 0 Å². The van der Waals surface area contributed by atoms with Crippen LogP contribution in [0.1, 0.15) is 41.5 Å².